The Kier molecular flexibility index (Phi) is 1.48. The molecule has 1 unspecified atom stereocenters. The molecule has 2 fully saturated rings. The standard InChI is InChI=1S/C9H17N/c1-2-8-3-4-9(5-6-9)7-10-8/h8,10H,2-7H2,1H3. The third-order valence-corrected chi connectivity index (χ3v) is 3.24. The van der Waals surface area contributed by atoms with E-state index in [1.807, 2.05) is 0 Å². The lowest BCUT2D eigenvalue weighted by Crippen LogP contribution is -2.39. The fourth-order valence-electron chi connectivity index (χ4n) is 1.98. The molecule has 0 bridgehead atoms. The van der Waals surface area contributed by atoms with E-state index in [4.69, 9.17) is 0 Å². The van der Waals surface area contributed by atoms with Crippen molar-refractivity contribution in [3.8, 4) is 0 Å². The van der Waals surface area contributed by atoms with Crippen LogP contribution in [0.3, 0.4) is 0 Å². The van der Waals surface area contributed by atoms with E-state index in [2.05, 4.69) is 12.2 Å². The summed E-state index contributed by atoms with van der Waals surface area (Å²) >= 11 is 0. The molecular weight excluding hydrogens is 122 g/mol. The first kappa shape index (κ1) is 6.66. The predicted molar refractivity (Wildman–Crippen MR) is 43.0 cm³/mol. The summed E-state index contributed by atoms with van der Waals surface area (Å²) in [5, 5.41) is 3.62. The maximum Gasteiger partial charge on any atom is 0.00648 e. The molecule has 0 aromatic rings. The molecule has 1 heterocycles. The van der Waals surface area contributed by atoms with Crippen LogP contribution in [0, 0.1) is 5.41 Å². The highest BCUT2D eigenvalue weighted by Crippen LogP contribution is 2.51. The van der Waals surface area contributed by atoms with Crippen molar-refractivity contribution in [2.24, 2.45) is 5.41 Å². The molecule has 0 amide bonds. The maximum atomic E-state index is 3.62. The van der Waals surface area contributed by atoms with Gasteiger partial charge in [-0.1, -0.05) is 6.92 Å². The second-order valence-corrected chi connectivity index (χ2v) is 4.02. The highest BCUT2D eigenvalue weighted by molar-refractivity contribution is 4.98. The lowest BCUT2D eigenvalue weighted by atomic mass is 9.91. The molecule has 1 saturated heterocycles. The topological polar surface area (TPSA) is 12.0 Å². The molecule has 58 valence electrons. The Balaban J connectivity index is 1.84. The summed E-state index contributed by atoms with van der Waals surface area (Å²) in [5.41, 5.74) is 0.797. The first-order valence-electron chi connectivity index (χ1n) is 4.58. The van der Waals surface area contributed by atoms with Gasteiger partial charge >= 0.3 is 0 Å². The van der Waals surface area contributed by atoms with Crippen molar-refractivity contribution in [1.82, 2.24) is 5.32 Å². The minimum absolute atomic E-state index is 0.797. The molecule has 1 atom stereocenters. The van der Waals surface area contributed by atoms with Gasteiger partial charge in [0.25, 0.3) is 0 Å². The normalized spacial score (nSPS) is 36.3. The van der Waals surface area contributed by atoms with E-state index >= 15 is 0 Å². The SMILES string of the molecule is CCC1CCC2(CC2)CN1. The molecule has 1 aliphatic heterocycles. The Labute approximate surface area is 63.2 Å². The van der Waals surface area contributed by atoms with Crippen molar-refractivity contribution < 1.29 is 0 Å². The minimum atomic E-state index is 0.797. The van der Waals surface area contributed by atoms with Gasteiger partial charge in [-0.2, -0.15) is 0 Å². The molecule has 0 aromatic carbocycles. The van der Waals surface area contributed by atoms with Crippen molar-refractivity contribution in [1.29, 1.82) is 0 Å². The zero-order valence-corrected chi connectivity index (χ0v) is 6.82. The van der Waals surface area contributed by atoms with Gasteiger partial charge < -0.3 is 5.32 Å². The summed E-state index contributed by atoms with van der Waals surface area (Å²) in [6, 6.07) is 0.839. The number of piperidine rings is 1. The fourth-order valence-corrected chi connectivity index (χ4v) is 1.98. The van der Waals surface area contributed by atoms with E-state index in [9.17, 15) is 0 Å². The van der Waals surface area contributed by atoms with Gasteiger partial charge in [0.15, 0.2) is 0 Å². The Bertz CT molecular complexity index is 117. The highest BCUT2D eigenvalue weighted by Gasteiger charge is 2.44. The molecule has 0 radical (unpaired) electrons. The Hall–Kier alpha value is -0.0400. The van der Waals surface area contributed by atoms with Crippen molar-refractivity contribution >= 4 is 0 Å². The van der Waals surface area contributed by atoms with Crippen LogP contribution in [0.2, 0.25) is 0 Å². The van der Waals surface area contributed by atoms with Gasteiger partial charge in [-0.25, -0.2) is 0 Å². The van der Waals surface area contributed by atoms with Crippen molar-refractivity contribution in [2.45, 2.75) is 45.1 Å². The van der Waals surface area contributed by atoms with E-state index < -0.39 is 0 Å². The summed E-state index contributed by atoms with van der Waals surface area (Å²) in [4.78, 5) is 0. The summed E-state index contributed by atoms with van der Waals surface area (Å²) in [6.45, 7) is 3.59. The third kappa shape index (κ3) is 1.07. The van der Waals surface area contributed by atoms with Crippen LogP contribution in [0.4, 0.5) is 0 Å². The molecule has 2 rings (SSSR count). The fraction of sp³-hybridized carbons (Fsp3) is 1.00. The zero-order valence-electron chi connectivity index (χ0n) is 6.82. The van der Waals surface area contributed by atoms with Crippen LogP contribution in [0.25, 0.3) is 0 Å². The quantitative estimate of drug-likeness (QED) is 0.585. The Morgan fingerprint density at radius 2 is 2.20 bits per heavy atom. The summed E-state index contributed by atoms with van der Waals surface area (Å²) in [6.07, 6.45) is 7.23. The van der Waals surface area contributed by atoms with E-state index in [1.165, 1.54) is 38.6 Å². The molecular formula is C9H17N. The summed E-state index contributed by atoms with van der Waals surface area (Å²) < 4.78 is 0. The van der Waals surface area contributed by atoms with Crippen LogP contribution in [0.5, 0.6) is 0 Å². The number of hydrogen-bond donors (Lipinski definition) is 1. The van der Waals surface area contributed by atoms with Crippen LogP contribution in [-0.4, -0.2) is 12.6 Å². The van der Waals surface area contributed by atoms with Gasteiger partial charge in [0.05, 0.1) is 0 Å². The van der Waals surface area contributed by atoms with Crippen LogP contribution in [-0.2, 0) is 0 Å². The summed E-state index contributed by atoms with van der Waals surface area (Å²) in [7, 11) is 0. The summed E-state index contributed by atoms with van der Waals surface area (Å²) in [5.74, 6) is 0. The van der Waals surface area contributed by atoms with Crippen molar-refractivity contribution in [3.05, 3.63) is 0 Å². The molecule has 0 aromatic heterocycles. The number of rotatable bonds is 1. The molecule has 1 spiro atoms. The first-order chi connectivity index (χ1) is 4.85. The highest BCUT2D eigenvalue weighted by atomic mass is 15.0. The molecule has 1 N–H and O–H groups in total. The van der Waals surface area contributed by atoms with E-state index in [0.717, 1.165) is 11.5 Å². The van der Waals surface area contributed by atoms with Gasteiger partial charge in [0, 0.05) is 12.6 Å². The monoisotopic (exact) mass is 139 g/mol. The van der Waals surface area contributed by atoms with Gasteiger partial charge in [0.1, 0.15) is 0 Å². The largest absolute Gasteiger partial charge is 0.313 e. The minimum Gasteiger partial charge on any atom is -0.313 e. The van der Waals surface area contributed by atoms with Gasteiger partial charge in [-0.3, -0.25) is 0 Å². The van der Waals surface area contributed by atoms with E-state index in [0.29, 0.717) is 0 Å². The molecule has 1 nitrogen and oxygen atoms in total. The van der Waals surface area contributed by atoms with E-state index in [-0.39, 0.29) is 0 Å². The van der Waals surface area contributed by atoms with E-state index in [1.54, 1.807) is 0 Å². The lowest BCUT2D eigenvalue weighted by Gasteiger charge is -2.29. The average molecular weight is 139 g/mol. The maximum absolute atomic E-state index is 3.62. The average Bonchev–Trinajstić information content (AvgIpc) is 2.72. The van der Waals surface area contributed by atoms with Crippen LogP contribution in [0.15, 0.2) is 0 Å². The zero-order chi connectivity index (χ0) is 7.03. The van der Waals surface area contributed by atoms with Crippen molar-refractivity contribution in [3.63, 3.8) is 0 Å². The second-order valence-electron chi connectivity index (χ2n) is 4.02. The third-order valence-electron chi connectivity index (χ3n) is 3.24. The Morgan fingerprint density at radius 1 is 1.40 bits per heavy atom. The molecule has 2 aliphatic rings. The smallest absolute Gasteiger partial charge is 0.00648 e. The van der Waals surface area contributed by atoms with Crippen molar-refractivity contribution in [2.75, 3.05) is 6.54 Å². The molecule has 1 heteroatoms. The second kappa shape index (κ2) is 2.23. The number of hydrogen-bond acceptors (Lipinski definition) is 1. The molecule has 1 aliphatic carbocycles. The lowest BCUT2D eigenvalue weighted by molar-refractivity contribution is 0.288. The van der Waals surface area contributed by atoms with Crippen LogP contribution >= 0.6 is 0 Å². The Morgan fingerprint density at radius 3 is 2.60 bits per heavy atom. The van der Waals surface area contributed by atoms with Crippen LogP contribution in [0.1, 0.15) is 39.0 Å². The predicted octanol–water partition coefficient (Wildman–Crippen LogP) is 1.93. The van der Waals surface area contributed by atoms with Gasteiger partial charge in [0.2, 0.25) is 0 Å². The van der Waals surface area contributed by atoms with Gasteiger partial charge in [-0.15, -0.1) is 0 Å². The molecule has 10 heavy (non-hydrogen) atoms. The van der Waals surface area contributed by atoms with Crippen LogP contribution < -0.4 is 5.32 Å². The number of nitrogens with one attached hydrogen (secondary N) is 1. The first-order valence-corrected chi connectivity index (χ1v) is 4.58. The molecule has 1 saturated carbocycles. The van der Waals surface area contributed by atoms with Gasteiger partial charge in [-0.05, 0) is 37.5 Å².